The molecular weight excluding hydrogens is 220 g/mol. The van der Waals surface area contributed by atoms with Gasteiger partial charge in [-0.1, -0.05) is 0 Å². The number of anilines is 1. The number of aromatic nitrogens is 2. The van der Waals surface area contributed by atoms with Crippen molar-refractivity contribution in [2.45, 2.75) is 13.5 Å². The third-order valence-corrected chi connectivity index (χ3v) is 3.13. The van der Waals surface area contributed by atoms with E-state index in [-0.39, 0.29) is 6.03 Å². The molecule has 1 fully saturated rings. The number of urea groups is 1. The van der Waals surface area contributed by atoms with Gasteiger partial charge < -0.3 is 15.2 Å². The van der Waals surface area contributed by atoms with E-state index in [0.717, 1.165) is 30.2 Å². The van der Waals surface area contributed by atoms with E-state index in [2.05, 4.69) is 10.5 Å². The molecule has 0 bridgehead atoms. The number of nitrogens with zero attached hydrogens (tertiary/aromatic N) is 4. The molecule has 1 aromatic heterocycles. The number of amides is 2. The number of hydrazine groups is 1. The van der Waals surface area contributed by atoms with E-state index >= 15 is 0 Å². The first-order valence-electron chi connectivity index (χ1n) is 5.53. The van der Waals surface area contributed by atoms with Gasteiger partial charge >= 0.3 is 6.03 Å². The van der Waals surface area contributed by atoms with Crippen LogP contribution in [-0.4, -0.2) is 45.7 Å². The zero-order valence-corrected chi connectivity index (χ0v) is 10.4. The standard InChI is InChI=1S/C10H18N6O/c1-7-8(9(12-11)15(3)13-7)6-16-5-4-14(2)10(16)17/h12H,4-6,11H2,1-3H3. The Morgan fingerprint density at radius 3 is 2.65 bits per heavy atom. The second-order valence-electron chi connectivity index (χ2n) is 4.31. The number of hydrogen-bond acceptors (Lipinski definition) is 4. The summed E-state index contributed by atoms with van der Waals surface area (Å²) in [7, 11) is 3.63. The maximum absolute atomic E-state index is 11.8. The van der Waals surface area contributed by atoms with Gasteiger partial charge in [-0.3, -0.25) is 4.68 Å². The summed E-state index contributed by atoms with van der Waals surface area (Å²) in [5, 5.41) is 4.29. The Labute approximate surface area is 100 Å². The highest BCUT2D eigenvalue weighted by atomic mass is 16.2. The maximum Gasteiger partial charge on any atom is 0.320 e. The first-order valence-corrected chi connectivity index (χ1v) is 5.53. The first-order chi connectivity index (χ1) is 8.04. The molecule has 1 aliphatic heterocycles. The molecule has 94 valence electrons. The van der Waals surface area contributed by atoms with Crippen LogP contribution in [0.3, 0.4) is 0 Å². The van der Waals surface area contributed by atoms with Gasteiger partial charge in [-0.25, -0.2) is 10.6 Å². The van der Waals surface area contributed by atoms with Crippen LogP contribution in [0.2, 0.25) is 0 Å². The minimum atomic E-state index is 0.0521. The summed E-state index contributed by atoms with van der Waals surface area (Å²) in [5.41, 5.74) is 4.50. The van der Waals surface area contributed by atoms with Crippen molar-refractivity contribution < 1.29 is 4.79 Å². The van der Waals surface area contributed by atoms with Crippen molar-refractivity contribution in [3.05, 3.63) is 11.3 Å². The number of hydrogen-bond donors (Lipinski definition) is 2. The van der Waals surface area contributed by atoms with Gasteiger partial charge in [-0.05, 0) is 6.92 Å². The monoisotopic (exact) mass is 238 g/mol. The molecule has 2 heterocycles. The summed E-state index contributed by atoms with van der Waals surface area (Å²) in [5.74, 6) is 6.23. The van der Waals surface area contributed by atoms with Crippen molar-refractivity contribution in [3.8, 4) is 0 Å². The number of rotatable bonds is 3. The highest BCUT2D eigenvalue weighted by molar-refractivity contribution is 5.76. The number of likely N-dealkylation sites (N-methyl/N-ethyl adjacent to an activating group) is 1. The number of nitrogens with one attached hydrogen (secondary N) is 1. The predicted octanol–water partition coefficient (Wildman–Crippen LogP) is -0.118. The molecule has 1 saturated heterocycles. The molecule has 0 saturated carbocycles. The molecule has 17 heavy (non-hydrogen) atoms. The van der Waals surface area contributed by atoms with E-state index in [1.165, 1.54) is 0 Å². The summed E-state index contributed by atoms with van der Waals surface area (Å²) in [6.07, 6.45) is 0. The highest BCUT2D eigenvalue weighted by Crippen LogP contribution is 2.21. The van der Waals surface area contributed by atoms with Crippen molar-refractivity contribution in [2.75, 3.05) is 25.6 Å². The van der Waals surface area contributed by atoms with E-state index in [1.54, 1.807) is 21.5 Å². The molecule has 2 amide bonds. The fourth-order valence-electron chi connectivity index (χ4n) is 2.11. The second-order valence-corrected chi connectivity index (χ2v) is 4.31. The van der Waals surface area contributed by atoms with Crippen molar-refractivity contribution in [3.63, 3.8) is 0 Å². The zero-order valence-electron chi connectivity index (χ0n) is 10.4. The second kappa shape index (κ2) is 4.25. The Balaban J connectivity index is 2.21. The Morgan fingerprint density at radius 2 is 2.12 bits per heavy atom. The number of nitrogen functional groups attached to an aromatic ring is 1. The number of aryl methyl sites for hydroxylation is 2. The largest absolute Gasteiger partial charge is 0.326 e. The summed E-state index contributed by atoms with van der Waals surface area (Å²) in [6, 6.07) is 0.0521. The summed E-state index contributed by atoms with van der Waals surface area (Å²) < 4.78 is 1.69. The fraction of sp³-hybridized carbons (Fsp3) is 0.600. The number of nitrogens with two attached hydrogens (primary N) is 1. The molecule has 0 radical (unpaired) electrons. The number of carbonyl (C=O) groups is 1. The summed E-state index contributed by atoms with van der Waals surface area (Å²) in [4.78, 5) is 15.3. The van der Waals surface area contributed by atoms with Gasteiger partial charge in [0.2, 0.25) is 0 Å². The molecule has 1 aromatic rings. The number of carbonyl (C=O) groups excluding carboxylic acids is 1. The van der Waals surface area contributed by atoms with Crippen molar-refractivity contribution >= 4 is 11.8 Å². The SMILES string of the molecule is Cc1nn(C)c(NN)c1CN1CCN(C)C1=O. The third kappa shape index (κ3) is 1.93. The topological polar surface area (TPSA) is 79.4 Å². The molecule has 0 atom stereocenters. The third-order valence-electron chi connectivity index (χ3n) is 3.13. The summed E-state index contributed by atoms with van der Waals surface area (Å²) >= 11 is 0. The van der Waals surface area contributed by atoms with Crippen LogP contribution in [0.25, 0.3) is 0 Å². The zero-order chi connectivity index (χ0) is 12.6. The predicted molar refractivity (Wildman–Crippen MR) is 64.2 cm³/mol. The smallest absolute Gasteiger partial charge is 0.320 e. The van der Waals surface area contributed by atoms with Gasteiger partial charge in [0, 0.05) is 32.7 Å². The van der Waals surface area contributed by atoms with Gasteiger partial charge in [0.15, 0.2) is 0 Å². The lowest BCUT2D eigenvalue weighted by atomic mass is 10.2. The van der Waals surface area contributed by atoms with Gasteiger partial charge in [0.25, 0.3) is 0 Å². The van der Waals surface area contributed by atoms with E-state index < -0.39 is 0 Å². The quantitative estimate of drug-likeness (QED) is 0.568. The van der Waals surface area contributed by atoms with Crippen molar-refractivity contribution in [2.24, 2.45) is 12.9 Å². The molecule has 3 N–H and O–H groups in total. The maximum atomic E-state index is 11.8. The van der Waals surface area contributed by atoms with Crippen LogP contribution in [0, 0.1) is 6.92 Å². The molecular formula is C10H18N6O. The van der Waals surface area contributed by atoms with Crippen molar-refractivity contribution in [1.29, 1.82) is 0 Å². The Morgan fingerprint density at radius 1 is 1.41 bits per heavy atom. The van der Waals surface area contributed by atoms with Gasteiger partial charge in [-0.2, -0.15) is 5.10 Å². The Kier molecular flexibility index (Phi) is 2.93. The Hall–Kier alpha value is -1.76. The van der Waals surface area contributed by atoms with E-state index in [1.807, 2.05) is 14.0 Å². The molecule has 2 rings (SSSR count). The van der Waals surface area contributed by atoms with E-state index in [0.29, 0.717) is 6.54 Å². The molecule has 7 heteroatoms. The first kappa shape index (κ1) is 11.7. The van der Waals surface area contributed by atoms with Crippen LogP contribution in [-0.2, 0) is 13.6 Å². The van der Waals surface area contributed by atoms with Gasteiger partial charge in [0.1, 0.15) is 5.82 Å². The van der Waals surface area contributed by atoms with Crippen molar-refractivity contribution in [1.82, 2.24) is 19.6 Å². The Bertz CT molecular complexity index is 440. The molecule has 7 nitrogen and oxygen atoms in total. The molecule has 0 aromatic carbocycles. The molecule has 1 aliphatic rings. The lowest BCUT2D eigenvalue weighted by molar-refractivity contribution is 0.197. The molecule has 0 unspecified atom stereocenters. The highest BCUT2D eigenvalue weighted by Gasteiger charge is 2.27. The minimum Gasteiger partial charge on any atom is -0.326 e. The van der Waals surface area contributed by atoms with E-state index in [4.69, 9.17) is 5.84 Å². The van der Waals surface area contributed by atoms with Gasteiger partial charge in [0.05, 0.1) is 12.2 Å². The van der Waals surface area contributed by atoms with Crippen LogP contribution in [0.4, 0.5) is 10.6 Å². The lowest BCUT2D eigenvalue weighted by Crippen LogP contribution is -2.29. The van der Waals surface area contributed by atoms with Crippen LogP contribution in [0.1, 0.15) is 11.3 Å². The minimum absolute atomic E-state index is 0.0521. The average molecular weight is 238 g/mol. The molecule has 0 aliphatic carbocycles. The average Bonchev–Trinajstić information content (AvgIpc) is 2.73. The van der Waals surface area contributed by atoms with Crippen LogP contribution in [0.15, 0.2) is 0 Å². The summed E-state index contributed by atoms with van der Waals surface area (Å²) in [6.45, 7) is 3.97. The van der Waals surface area contributed by atoms with E-state index in [9.17, 15) is 4.79 Å². The normalized spacial score (nSPS) is 15.9. The van der Waals surface area contributed by atoms with Gasteiger partial charge in [-0.15, -0.1) is 0 Å². The van der Waals surface area contributed by atoms with Crippen LogP contribution in [0.5, 0.6) is 0 Å². The lowest BCUT2D eigenvalue weighted by Gasteiger charge is -2.16. The molecule has 0 spiro atoms. The van der Waals surface area contributed by atoms with Crippen LogP contribution >= 0.6 is 0 Å². The fourth-order valence-corrected chi connectivity index (χ4v) is 2.11. The van der Waals surface area contributed by atoms with Crippen LogP contribution < -0.4 is 11.3 Å².